The van der Waals surface area contributed by atoms with Crippen LogP contribution in [0.1, 0.15) is 19.3 Å². The molecular weight excluding hydrogens is 273 g/mol. The van der Waals surface area contributed by atoms with Crippen LogP contribution in [0.3, 0.4) is 0 Å². The van der Waals surface area contributed by atoms with E-state index < -0.39 is 27.2 Å². The van der Waals surface area contributed by atoms with Gasteiger partial charge < -0.3 is 5.11 Å². The van der Waals surface area contributed by atoms with Crippen LogP contribution in [0.25, 0.3) is 0 Å². The highest BCUT2D eigenvalue weighted by Gasteiger charge is 2.44. The summed E-state index contributed by atoms with van der Waals surface area (Å²) < 4.78 is 39.1. The van der Waals surface area contributed by atoms with Crippen LogP contribution in [0.2, 0.25) is 0 Å². The molecular formula is C12H14FNO4S. The minimum atomic E-state index is -3.88. The third kappa shape index (κ3) is 2.76. The van der Waals surface area contributed by atoms with E-state index in [1.54, 1.807) is 0 Å². The average molecular weight is 287 g/mol. The van der Waals surface area contributed by atoms with E-state index in [0.29, 0.717) is 12.8 Å². The zero-order valence-electron chi connectivity index (χ0n) is 10.1. The minimum absolute atomic E-state index is 0.165. The highest BCUT2D eigenvalue weighted by Crippen LogP contribution is 2.40. The topological polar surface area (TPSA) is 83.5 Å². The standard InChI is InChI=1S/C12H14FNO4S/c13-9-3-1-4-10(7-9)19(17,18)14-8-12(11(15)16)5-2-6-12/h1,3-4,7,14H,2,5-6,8H2,(H,15,16). The van der Waals surface area contributed by atoms with E-state index in [-0.39, 0.29) is 11.4 Å². The maximum absolute atomic E-state index is 13.0. The van der Waals surface area contributed by atoms with E-state index in [2.05, 4.69) is 4.72 Å². The predicted molar refractivity (Wildman–Crippen MR) is 65.5 cm³/mol. The van der Waals surface area contributed by atoms with Crippen molar-refractivity contribution >= 4 is 16.0 Å². The van der Waals surface area contributed by atoms with Crippen LogP contribution >= 0.6 is 0 Å². The molecule has 0 spiro atoms. The van der Waals surface area contributed by atoms with Crippen molar-refractivity contribution in [1.82, 2.24) is 4.72 Å². The first-order chi connectivity index (χ1) is 8.86. The molecule has 0 saturated heterocycles. The molecule has 0 aromatic heterocycles. The number of nitrogens with one attached hydrogen (secondary N) is 1. The largest absolute Gasteiger partial charge is 0.481 e. The number of aliphatic carboxylic acids is 1. The Morgan fingerprint density at radius 2 is 2.11 bits per heavy atom. The fourth-order valence-electron chi connectivity index (χ4n) is 2.02. The number of sulfonamides is 1. The summed E-state index contributed by atoms with van der Waals surface area (Å²) in [6.45, 7) is -0.165. The molecule has 2 rings (SSSR count). The van der Waals surface area contributed by atoms with Gasteiger partial charge in [0.2, 0.25) is 10.0 Å². The van der Waals surface area contributed by atoms with E-state index in [9.17, 15) is 17.6 Å². The maximum atomic E-state index is 13.0. The molecule has 0 heterocycles. The van der Waals surface area contributed by atoms with Gasteiger partial charge in [-0.1, -0.05) is 12.5 Å². The Balaban J connectivity index is 2.12. The van der Waals surface area contributed by atoms with Gasteiger partial charge in [0.15, 0.2) is 0 Å². The number of benzene rings is 1. The van der Waals surface area contributed by atoms with Crippen molar-refractivity contribution in [1.29, 1.82) is 0 Å². The van der Waals surface area contributed by atoms with Crippen molar-refractivity contribution in [3.8, 4) is 0 Å². The molecule has 1 aliphatic carbocycles. The number of halogens is 1. The lowest BCUT2D eigenvalue weighted by Gasteiger charge is -2.37. The number of hydrogen-bond donors (Lipinski definition) is 2. The number of carboxylic acid groups (broad SMARTS) is 1. The van der Waals surface area contributed by atoms with Gasteiger partial charge in [-0.05, 0) is 31.0 Å². The highest BCUT2D eigenvalue weighted by molar-refractivity contribution is 7.89. The molecule has 1 aliphatic rings. The fourth-order valence-corrected chi connectivity index (χ4v) is 3.18. The summed E-state index contributed by atoms with van der Waals surface area (Å²) >= 11 is 0. The molecule has 1 saturated carbocycles. The second-order valence-corrected chi connectivity index (χ2v) is 6.49. The Hall–Kier alpha value is -1.47. The SMILES string of the molecule is O=C(O)C1(CNS(=O)(=O)c2cccc(F)c2)CCC1. The van der Waals surface area contributed by atoms with Gasteiger partial charge in [0.1, 0.15) is 5.82 Å². The summed E-state index contributed by atoms with van der Waals surface area (Å²) in [5.41, 5.74) is -1.01. The number of hydrogen-bond acceptors (Lipinski definition) is 3. The monoisotopic (exact) mass is 287 g/mol. The van der Waals surface area contributed by atoms with E-state index in [1.165, 1.54) is 12.1 Å². The molecule has 1 aromatic rings. The molecule has 2 N–H and O–H groups in total. The summed E-state index contributed by atoms with van der Waals surface area (Å²) in [5.74, 6) is -1.65. The van der Waals surface area contributed by atoms with Crippen LogP contribution in [0.15, 0.2) is 29.2 Å². The van der Waals surface area contributed by atoms with Crippen LogP contribution < -0.4 is 4.72 Å². The fraction of sp³-hybridized carbons (Fsp3) is 0.417. The molecule has 0 unspecified atom stereocenters. The molecule has 0 bridgehead atoms. The Bertz CT molecular complexity index is 596. The third-order valence-electron chi connectivity index (χ3n) is 3.47. The molecule has 0 aliphatic heterocycles. The third-order valence-corrected chi connectivity index (χ3v) is 4.87. The summed E-state index contributed by atoms with van der Waals surface area (Å²) in [7, 11) is -3.88. The van der Waals surface area contributed by atoms with Gasteiger partial charge in [-0.3, -0.25) is 4.79 Å². The quantitative estimate of drug-likeness (QED) is 0.856. The van der Waals surface area contributed by atoms with E-state index >= 15 is 0 Å². The second-order valence-electron chi connectivity index (χ2n) is 4.72. The van der Waals surface area contributed by atoms with Gasteiger partial charge in [0, 0.05) is 6.54 Å². The number of rotatable bonds is 5. The van der Waals surface area contributed by atoms with Crippen molar-refractivity contribution < 1.29 is 22.7 Å². The van der Waals surface area contributed by atoms with Crippen LogP contribution in [-0.4, -0.2) is 26.0 Å². The molecule has 0 radical (unpaired) electrons. The Morgan fingerprint density at radius 3 is 2.58 bits per heavy atom. The smallest absolute Gasteiger partial charge is 0.310 e. The van der Waals surface area contributed by atoms with Crippen molar-refractivity contribution in [2.75, 3.05) is 6.54 Å². The Kier molecular flexibility index (Phi) is 3.60. The van der Waals surface area contributed by atoms with Crippen LogP contribution in [-0.2, 0) is 14.8 Å². The van der Waals surface area contributed by atoms with E-state index in [4.69, 9.17) is 5.11 Å². The second kappa shape index (κ2) is 4.90. The van der Waals surface area contributed by atoms with Gasteiger partial charge in [-0.15, -0.1) is 0 Å². The summed E-state index contributed by atoms with van der Waals surface area (Å²) in [5, 5.41) is 9.10. The first-order valence-electron chi connectivity index (χ1n) is 5.84. The van der Waals surface area contributed by atoms with Gasteiger partial charge in [0.05, 0.1) is 10.3 Å². The van der Waals surface area contributed by atoms with Crippen LogP contribution in [0.4, 0.5) is 4.39 Å². The molecule has 1 fully saturated rings. The molecule has 19 heavy (non-hydrogen) atoms. The predicted octanol–water partition coefficient (Wildman–Crippen LogP) is 1.36. The van der Waals surface area contributed by atoms with Gasteiger partial charge in [-0.25, -0.2) is 17.5 Å². The lowest BCUT2D eigenvalue weighted by molar-refractivity contribution is -0.153. The molecule has 7 heteroatoms. The Labute approximate surface area is 110 Å². The number of carboxylic acids is 1. The van der Waals surface area contributed by atoms with Crippen molar-refractivity contribution in [2.45, 2.75) is 24.2 Å². The summed E-state index contributed by atoms with van der Waals surface area (Å²) in [6, 6.07) is 4.60. The van der Waals surface area contributed by atoms with Crippen LogP contribution in [0.5, 0.6) is 0 Å². The lowest BCUT2D eigenvalue weighted by Crippen LogP contribution is -2.47. The minimum Gasteiger partial charge on any atom is -0.481 e. The maximum Gasteiger partial charge on any atom is 0.310 e. The molecule has 0 atom stereocenters. The Morgan fingerprint density at radius 1 is 1.42 bits per heavy atom. The summed E-state index contributed by atoms with van der Waals surface area (Å²) in [6.07, 6.45) is 1.68. The van der Waals surface area contributed by atoms with Crippen molar-refractivity contribution in [3.63, 3.8) is 0 Å². The van der Waals surface area contributed by atoms with Crippen LogP contribution in [0, 0.1) is 11.2 Å². The van der Waals surface area contributed by atoms with E-state index in [1.807, 2.05) is 0 Å². The van der Waals surface area contributed by atoms with Gasteiger partial charge in [-0.2, -0.15) is 0 Å². The van der Waals surface area contributed by atoms with Gasteiger partial charge in [0.25, 0.3) is 0 Å². The normalized spacial score (nSPS) is 17.7. The van der Waals surface area contributed by atoms with E-state index in [0.717, 1.165) is 18.6 Å². The molecule has 0 amide bonds. The zero-order chi connectivity index (χ0) is 14.1. The van der Waals surface area contributed by atoms with Crippen molar-refractivity contribution in [2.24, 2.45) is 5.41 Å². The zero-order valence-corrected chi connectivity index (χ0v) is 10.9. The summed E-state index contributed by atoms with van der Waals surface area (Å²) in [4.78, 5) is 10.9. The first-order valence-corrected chi connectivity index (χ1v) is 7.33. The van der Waals surface area contributed by atoms with Crippen molar-refractivity contribution in [3.05, 3.63) is 30.1 Å². The first kappa shape index (κ1) is 14.0. The molecule has 1 aromatic carbocycles. The van der Waals surface area contributed by atoms with Gasteiger partial charge >= 0.3 is 5.97 Å². The number of carbonyl (C=O) groups is 1. The lowest BCUT2D eigenvalue weighted by atomic mass is 9.69. The average Bonchev–Trinajstić information content (AvgIpc) is 2.27. The highest BCUT2D eigenvalue weighted by atomic mass is 32.2. The molecule has 104 valence electrons. The molecule has 5 nitrogen and oxygen atoms in total.